The van der Waals surface area contributed by atoms with Gasteiger partial charge in [0.25, 0.3) is 0 Å². The quantitative estimate of drug-likeness (QED) is 0.737. The van der Waals surface area contributed by atoms with Crippen molar-refractivity contribution in [3.05, 3.63) is 29.8 Å². The molecule has 140 valence electrons. The van der Waals surface area contributed by atoms with Crippen molar-refractivity contribution in [1.82, 2.24) is 10.6 Å². The minimum Gasteiger partial charge on any atom is -0.378 e. The van der Waals surface area contributed by atoms with Gasteiger partial charge in [0.15, 0.2) is 0 Å². The topological polar surface area (TPSA) is 58.0 Å². The number of amides is 2. The fourth-order valence-corrected chi connectivity index (χ4v) is 3.06. The van der Waals surface area contributed by atoms with E-state index in [1.165, 1.54) is 16.2 Å². The van der Waals surface area contributed by atoms with Crippen LogP contribution in [0.5, 0.6) is 0 Å². The molecule has 1 aromatic rings. The predicted octanol–water partition coefficient (Wildman–Crippen LogP) is 0.807. The lowest BCUT2D eigenvalue weighted by molar-refractivity contribution is -0.937. The van der Waals surface area contributed by atoms with Crippen molar-refractivity contribution < 1.29 is 14.4 Å². The molecular weight excluding hydrogens is 316 g/mol. The molecule has 1 heterocycles. The van der Waals surface area contributed by atoms with Gasteiger partial charge in [-0.1, -0.05) is 12.1 Å². The number of hydrogen-bond donors (Lipinski definition) is 3. The molecule has 0 spiro atoms. The van der Waals surface area contributed by atoms with Gasteiger partial charge in [-0.15, -0.1) is 0 Å². The van der Waals surface area contributed by atoms with Crippen molar-refractivity contribution >= 4 is 11.7 Å². The molecule has 1 aliphatic heterocycles. The fraction of sp³-hybridized carbons (Fsp3) is 0.632. The number of hydrogen-bond acceptors (Lipinski definition) is 3. The van der Waals surface area contributed by atoms with E-state index in [0.717, 1.165) is 26.3 Å². The third-order valence-electron chi connectivity index (χ3n) is 4.39. The van der Waals surface area contributed by atoms with Crippen LogP contribution in [0.1, 0.15) is 32.4 Å². The highest BCUT2D eigenvalue weighted by atomic mass is 16.5. The highest BCUT2D eigenvalue weighted by molar-refractivity contribution is 5.74. The smallest absolute Gasteiger partial charge is 0.315 e. The van der Waals surface area contributed by atoms with E-state index in [-0.39, 0.29) is 17.6 Å². The first kappa shape index (κ1) is 19.5. The van der Waals surface area contributed by atoms with Gasteiger partial charge in [-0.25, -0.2) is 4.79 Å². The third kappa shape index (κ3) is 6.21. The van der Waals surface area contributed by atoms with Gasteiger partial charge in [-0.3, -0.25) is 0 Å². The number of morpholine rings is 1. The first-order valence-corrected chi connectivity index (χ1v) is 9.02. The molecule has 0 aromatic heterocycles. The summed E-state index contributed by atoms with van der Waals surface area (Å²) < 4.78 is 5.50. The van der Waals surface area contributed by atoms with Crippen LogP contribution in [0.3, 0.4) is 0 Å². The second kappa shape index (κ2) is 8.54. The minimum atomic E-state index is -0.237. The molecule has 0 bridgehead atoms. The van der Waals surface area contributed by atoms with E-state index in [1.54, 1.807) is 0 Å². The number of quaternary nitrogens is 1. The van der Waals surface area contributed by atoms with E-state index in [2.05, 4.69) is 39.8 Å². The monoisotopic (exact) mass is 349 g/mol. The number of benzene rings is 1. The Bertz CT molecular complexity index is 546. The average Bonchev–Trinajstić information content (AvgIpc) is 2.55. The summed E-state index contributed by atoms with van der Waals surface area (Å²) in [6.07, 6.45) is 0. The molecule has 25 heavy (non-hydrogen) atoms. The number of carbonyl (C=O) groups excluding carboxylic acids is 1. The van der Waals surface area contributed by atoms with Gasteiger partial charge in [-0.2, -0.15) is 0 Å². The number of urea groups is 1. The number of ether oxygens (including phenoxy) is 1. The Balaban J connectivity index is 2.08. The largest absolute Gasteiger partial charge is 0.378 e. The van der Waals surface area contributed by atoms with E-state index in [9.17, 15) is 4.79 Å². The molecule has 1 aliphatic rings. The number of nitrogens with zero attached hydrogens (tertiary/aromatic N) is 1. The maximum atomic E-state index is 12.2. The molecule has 0 unspecified atom stereocenters. The van der Waals surface area contributed by atoms with Gasteiger partial charge >= 0.3 is 6.03 Å². The van der Waals surface area contributed by atoms with Crippen molar-refractivity contribution in [2.24, 2.45) is 0 Å². The van der Waals surface area contributed by atoms with E-state index in [4.69, 9.17) is 4.74 Å². The van der Waals surface area contributed by atoms with Crippen molar-refractivity contribution in [3.63, 3.8) is 0 Å². The normalized spacial score (nSPS) is 17.0. The minimum absolute atomic E-state index is 0.116. The molecule has 2 amide bonds. The Labute approximate surface area is 151 Å². The lowest BCUT2D eigenvalue weighted by Crippen LogP contribution is -3.15. The van der Waals surface area contributed by atoms with E-state index in [0.29, 0.717) is 6.54 Å². The van der Waals surface area contributed by atoms with Crippen LogP contribution in [0.25, 0.3) is 0 Å². The van der Waals surface area contributed by atoms with Crippen LogP contribution in [-0.2, 0) is 4.74 Å². The summed E-state index contributed by atoms with van der Waals surface area (Å²) in [5.74, 6) is 0. The highest BCUT2D eigenvalue weighted by Gasteiger charge is 2.27. The maximum absolute atomic E-state index is 12.2. The van der Waals surface area contributed by atoms with E-state index >= 15 is 0 Å². The zero-order chi connectivity index (χ0) is 18.4. The summed E-state index contributed by atoms with van der Waals surface area (Å²) in [5, 5.41) is 6.01. The van der Waals surface area contributed by atoms with Crippen molar-refractivity contribution in [3.8, 4) is 0 Å². The molecule has 2 rings (SSSR count). The van der Waals surface area contributed by atoms with Crippen LogP contribution in [0, 0.1) is 0 Å². The molecule has 6 nitrogen and oxygen atoms in total. The van der Waals surface area contributed by atoms with Gasteiger partial charge in [0.05, 0.1) is 19.8 Å². The zero-order valence-electron chi connectivity index (χ0n) is 16.2. The second-order valence-electron chi connectivity index (χ2n) is 7.89. The summed E-state index contributed by atoms with van der Waals surface area (Å²) in [6, 6.07) is 8.73. The molecule has 0 saturated carbocycles. The standard InChI is InChI=1S/C19H32N4O2/c1-19(2,3)21-18(24)20-14-17(23-10-12-25-13-11-23)15-6-8-16(9-7-15)22(4)5/h6-9,17H,10-14H2,1-5H3,(H2,20,21,24)/p+1/t17-/m1/s1. The average molecular weight is 349 g/mol. The molecular formula is C19H33N4O2+. The van der Waals surface area contributed by atoms with Gasteiger partial charge < -0.3 is 25.2 Å². The summed E-state index contributed by atoms with van der Waals surface area (Å²) in [6.45, 7) is 10.0. The molecule has 6 heteroatoms. The molecule has 0 radical (unpaired) electrons. The van der Waals surface area contributed by atoms with Crippen molar-refractivity contribution in [2.45, 2.75) is 32.4 Å². The SMILES string of the molecule is CN(C)c1ccc([C@@H](CNC(=O)NC(C)(C)C)[NH+]2CCOCC2)cc1. The van der Waals surface area contributed by atoms with Crippen molar-refractivity contribution in [2.75, 3.05) is 51.8 Å². The summed E-state index contributed by atoms with van der Waals surface area (Å²) in [7, 11) is 4.08. The molecule has 1 atom stereocenters. The van der Waals surface area contributed by atoms with Crippen LogP contribution in [-0.4, -0.2) is 58.5 Å². The van der Waals surface area contributed by atoms with Crippen LogP contribution < -0.4 is 20.4 Å². The summed E-state index contributed by atoms with van der Waals surface area (Å²) >= 11 is 0. The number of rotatable bonds is 5. The first-order valence-electron chi connectivity index (χ1n) is 9.02. The van der Waals surface area contributed by atoms with Gasteiger partial charge in [0.2, 0.25) is 0 Å². The molecule has 1 fully saturated rings. The Hall–Kier alpha value is -1.79. The third-order valence-corrected chi connectivity index (χ3v) is 4.39. The number of anilines is 1. The first-order chi connectivity index (χ1) is 11.8. The lowest BCUT2D eigenvalue weighted by atomic mass is 10.0. The molecule has 3 N–H and O–H groups in total. The fourth-order valence-electron chi connectivity index (χ4n) is 3.06. The number of nitrogens with one attached hydrogen (secondary N) is 3. The van der Waals surface area contributed by atoms with Crippen LogP contribution in [0.2, 0.25) is 0 Å². The number of carbonyl (C=O) groups is 1. The Morgan fingerprint density at radius 3 is 2.32 bits per heavy atom. The lowest BCUT2D eigenvalue weighted by Gasteiger charge is -2.32. The maximum Gasteiger partial charge on any atom is 0.315 e. The molecule has 0 aliphatic carbocycles. The van der Waals surface area contributed by atoms with Gasteiger partial charge in [0, 0.05) is 30.9 Å². The molecule has 1 saturated heterocycles. The Morgan fingerprint density at radius 1 is 1.20 bits per heavy atom. The van der Waals surface area contributed by atoms with Crippen LogP contribution in [0.4, 0.5) is 10.5 Å². The predicted molar refractivity (Wildman–Crippen MR) is 101 cm³/mol. The zero-order valence-corrected chi connectivity index (χ0v) is 16.2. The Kier molecular flexibility index (Phi) is 6.67. The van der Waals surface area contributed by atoms with Crippen LogP contribution >= 0.6 is 0 Å². The molecule has 1 aromatic carbocycles. The van der Waals surface area contributed by atoms with Crippen LogP contribution in [0.15, 0.2) is 24.3 Å². The second-order valence-corrected chi connectivity index (χ2v) is 7.89. The van der Waals surface area contributed by atoms with E-state index in [1.807, 2.05) is 34.9 Å². The van der Waals surface area contributed by atoms with E-state index < -0.39 is 0 Å². The van der Waals surface area contributed by atoms with Gasteiger partial charge in [-0.05, 0) is 32.9 Å². The summed E-state index contributed by atoms with van der Waals surface area (Å²) in [4.78, 5) is 15.7. The Morgan fingerprint density at radius 2 is 1.80 bits per heavy atom. The van der Waals surface area contributed by atoms with Crippen molar-refractivity contribution in [1.29, 1.82) is 0 Å². The van der Waals surface area contributed by atoms with Gasteiger partial charge in [0.1, 0.15) is 19.1 Å². The highest BCUT2D eigenvalue weighted by Crippen LogP contribution is 2.16. The summed E-state index contributed by atoms with van der Waals surface area (Å²) in [5.41, 5.74) is 2.19.